The summed E-state index contributed by atoms with van der Waals surface area (Å²) in [5.41, 5.74) is 0. The number of rotatable bonds is 21. The van der Waals surface area contributed by atoms with E-state index >= 15 is 0 Å². The first-order valence-electron chi connectivity index (χ1n) is 12.9. The molecule has 31 heavy (non-hydrogen) atoms. The fraction of sp³-hybridized carbons (Fsp3) is 1.00. The molecule has 7 heteroatoms. The van der Waals surface area contributed by atoms with Crippen molar-refractivity contribution >= 4 is 7.75 Å². The van der Waals surface area contributed by atoms with E-state index in [-0.39, 0.29) is 6.04 Å². The summed E-state index contributed by atoms with van der Waals surface area (Å²) in [6.07, 6.45) is 19.1. The molecule has 1 saturated heterocycles. The maximum absolute atomic E-state index is 12.5. The number of ether oxygens (including phenoxy) is 1. The molecule has 0 radical (unpaired) electrons. The number of nitrogens with zero attached hydrogens (tertiary/aromatic N) is 1. The van der Waals surface area contributed by atoms with Crippen molar-refractivity contribution in [1.29, 1.82) is 0 Å². The highest BCUT2D eigenvalue weighted by atomic mass is 32.2. The summed E-state index contributed by atoms with van der Waals surface area (Å²) >= 11 is 0. The van der Waals surface area contributed by atoms with Crippen LogP contribution in [0.4, 0.5) is 0 Å². The van der Waals surface area contributed by atoms with E-state index in [0.717, 1.165) is 24.1 Å². The minimum Gasteiger partial charge on any atom is -0.380 e. The van der Waals surface area contributed by atoms with Crippen LogP contribution in [0.25, 0.3) is 0 Å². The predicted molar refractivity (Wildman–Crippen MR) is 130 cm³/mol. The van der Waals surface area contributed by atoms with Gasteiger partial charge in [-0.1, -0.05) is 90.4 Å². The highest BCUT2D eigenvalue weighted by molar-refractivity contribution is 7.51. The van der Waals surface area contributed by atoms with Crippen LogP contribution >= 0.6 is 7.75 Å². The summed E-state index contributed by atoms with van der Waals surface area (Å²) in [7, 11) is 3.10. The van der Waals surface area contributed by atoms with Gasteiger partial charge in [0.25, 0.3) is 0 Å². The summed E-state index contributed by atoms with van der Waals surface area (Å²) in [5, 5.41) is 2.98. The Kier molecular flexibility index (Phi) is 16.4. The molecule has 1 unspecified atom stereocenters. The summed E-state index contributed by atoms with van der Waals surface area (Å²) < 4.78 is 29.9. The van der Waals surface area contributed by atoms with Gasteiger partial charge in [0.05, 0.1) is 40.4 Å². The quantitative estimate of drug-likeness (QED) is 0.123. The van der Waals surface area contributed by atoms with Crippen LogP contribution in [0, 0.1) is 0 Å². The molecule has 0 aromatic carbocycles. The third-order valence-corrected chi connectivity index (χ3v) is 7.46. The first kappa shape index (κ1) is 29.1. The van der Waals surface area contributed by atoms with E-state index in [9.17, 15) is 4.57 Å². The Hall–Kier alpha value is 0.0300. The van der Waals surface area contributed by atoms with Gasteiger partial charge in [0.1, 0.15) is 13.2 Å². The van der Waals surface area contributed by atoms with Crippen molar-refractivity contribution in [3.05, 3.63) is 0 Å². The molecule has 0 aliphatic carbocycles. The molecule has 1 aliphatic heterocycles. The van der Waals surface area contributed by atoms with Crippen molar-refractivity contribution in [2.24, 2.45) is 0 Å². The number of quaternary nitrogens is 1. The zero-order valence-electron chi connectivity index (χ0n) is 21.0. The van der Waals surface area contributed by atoms with Gasteiger partial charge in [0.15, 0.2) is 0 Å². The zero-order chi connectivity index (χ0) is 22.8. The largest absolute Gasteiger partial charge is 0.406 e. The second-order valence-corrected chi connectivity index (χ2v) is 11.9. The second-order valence-electron chi connectivity index (χ2n) is 10.1. The van der Waals surface area contributed by atoms with E-state index in [2.05, 4.69) is 33.2 Å². The van der Waals surface area contributed by atoms with E-state index in [0.29, 0.717) is 19.8 Å². The lowest BCUT2D eigenvalue weighted by Gasteiger charge is -2.24. The minimum atomic E-state index is -3.14. The Morgan fingerprint density at radius 1 is 0.839 bits per heavy atom. The van der Waals surface area contributed by atoms with Crippen molar-refractivity contribution in [3.63, 3.8) is 0 Å². The van der Waals surface area contributed by atoms with Gasteiger partial charge in [-0.15, -0.1) is 0 Å². The van der Waals surface area contributed by atoms with Crippen LogP contribution in [-0.4, -0.2) is 64.6 Å². The SMILES string of the molecule is CCCCCCCCCCCCCCCCOC[C@@H]1CO[32P](=O)(OCC[N+](C)(C)C)N1. The average Bonchev–Trinajstić information content (AvgIpc) is 3.07. The Labute approximate surface area is 193 Å². The van der Waals surface area contributed by atoms with Gasteiger partial charge in [0, 0.05) is 6.61 Å². The van der Waals surface area contributed by atoms with Crippen LogP contribution in [-0.2, 0) is 18.3 Å². The summed E-state index contributed by atoms with van der Waals surface area (Å²) in [6.45, 7) is 5.17. The van der Waals surface area contributed by atoms with Crippen molar-refractivity contribution in [2.45, 2.75) is 103 Å². The molecule has 0 amide bonds. The van der Waals surface area contributed by atoms with Crippen LogP contribution in [0.3, 0.4) is 0 Å². The third-order valence-electron chi connectivity index (χ3n) is 5.77. The molecule has 6 nitrogen and oxygen atoms in total. The van der Waals surface area contributed by atoms with Crippen LogP contribution in [0.5, 0.6) is 0 Å². The maximum Gasteiger partial charge on any atom is 0.406 e. The molecule has 0 saturated carbocycles. The van der Waals surface area contributed by atoms with Crippen molar-refractivity contribution < 1.29 is 22.8 Å². The monoisotopic (exact) mass is 464 g/mol. The standard InChI is InChI=1S/C24H52N2O4P/c1-5-6-7-8-9-10-11-12-13-14-15-16-17-18-20-28-22-24-23-30-31(27,25-24)29-21-19-26(2,3)4/h24H,5-23H2,1-4H3,(H,25,27)/q+1/t24-,31?/m1/s1/i31+1. The lowest BCUT2D eigenvalue weighted by atomic mass is 10.0. The highest BCUT2D eigenvalue weighted by Crippen LogP contribution is 2.48. The molecule has 1 rings (SSSR count). The number of likely N-dealkylation sites (N-methyl/N-ethyl adjacent to an activating group) is 1. The molecule has 1 aliphatic rings. The van der Waals surface area contributed by atoms with Gasteiger partial charge in [-0.25, -0.2) is 9.65 Å². The predicted octanol–water partition coefficient (Wildman–Crippen LogP) is 6.30. The first-order valence-corrected chi connectivity index (χ1v) is 14.4. The lowest BCUT2D eigenvalue weighted by molar-refractivity contribution is -0.870. The Morgan fingerprint density at radius 3 is 1.87 bits per heavy atom. The number of hydrogen-bond acceptors (Lipinski definition) is 4. The molecule has 0 aromatic rings. The van der Waals surface area contributed by atoms with Gasteiger partial charge in [0.2, 0.25) is 0 Å². The second kappa shape index (κ2) is 17.5. The molecule has 0 bridgehead atoms. The van der Waals surface area contributed by atoms with E-state index in [1.54, 1.807) is 0 Å². The van der Waals surface area contributed by atoms with E-state index < -0.39 is 7.75 Å². The number of hydrogen-bond donors (Lipinski definition) is 1. The molecule has 0 aromatic heterocycles. The molecule has 1 fully saturated rings. The molecule has 186 valence electrons. The number of nitrogens with one attached hydrogen (secondary N) is 1. The molecule has 1 N–H and O–H groups in total. The third kappa shape index (κ3) is 17.2. The van der Waals surface area contributed by atoms with Gasteiger partial charge in [-0.3, -0.25) is 9.05 Å². The summed E-state index contributed by atoms with van der Waals surface area (Å²) in [4.78, 5) is 0. The smallest absolute Gasteiger partial charge is 0.380 e. The van der Waals surface area contributed by atoms with Crippen molar-refractivity contribution in [3.8, 4) is 0 Å². The average molecular weight is 465 g/mol. The molecule has 0 spiro atoms. The van der Waals surface area contributed by atoms with Crippen LogP contribution in [0.2, 0.25) is 0 Å². The fourth-order valence-electron chi connectivity index (χ4n) is 3.71. The lowest BCUT2D eigenvalue weighted by Crippen LogP contribution is -2.37. The van der Waals surface area contributed by atoms with Crippen LogP contribution in [0.1, 0.15) is 96.8 Å². The normalized spacial score (nSPS) is 21.7. The van der Waals surface area contributed by atoms with E-state index in [1.807, 2.05) is 0 Å². The molecular formula is C24H52N2O4P+. The molecular weight excluding hydrogens is 412 g/mol. The van der Waals surface area contributed by atoms with Gasteiger partial charge >= 0.3 is 7.75 Å². The maximum atomic E-state index is 12.5. The minimum absolute atomic E-state index is 0.0402. The van der Waals surface area contributed by atoms with Crippen molar-refractivity contribution in [1.82, 2.24) is 5.09 Å². The van der Waals surface area contributed by atoms with Crippen LogP contribution < -0.4 is 5.09 Å². The van der Waals surface area contributed by atoms with Crippen LogP contribution in [0.15, 0.2) is 0 Å². The number of unbranched alkanes of at least 4 members (excludes halogenated alkanes) is 13. The topological polar surface area (TPSA) is 56.8 Å². The Bertz CT molecular complexity index is 471. The fourth-order valence-corrected chi connectivity index (χ4v) is 5.22. The van der Waals surface area contributed by atoms with E-state index in [1.165, 1.54) is 83.5 Å². The summed E-state index contributed by atoms with van der Waals surface area (Å²) in [6, 6.07) is -0.0402. The zero-order valence-corrected chi connectivity index (χ0v) is 21.9. The Morgan fingerprint density at radius 2 is 1.35 bits per heavy atom. The van der Waals surface area contributed by atoms with Crippen molar-refractivity contribution in [2.75, 3.05) is 54.1 Å². The highest BCUT2D eigenvalue weighted by Gasteiger charge is 2.36. The summed E-state index contributed by atoms with van der Waals surface area (Å²) in [5.74, 6) is 0. The van der Waals surface area contributed by atoms with Gasteiger partial charge in [-0.05, 0) is 6.42 Å². The van der Waals surface area contributed by atoms with Gasteiger partial charge in [-0.2, -0.15) is 0 Å². The first-order chi connectivity index (χ1) is 14.8. The molecule has 1 heterocycles. The van der Waals surface area contributed by atoms with Gasteiger partial charge < -0.3 is 9.22 Å². The molecule has 2 atom stereocenters. The Balaban J connectivity index is 1.84. The van der Waals surface area contributed by atoms with E-state index in [4.69, 9.17) is 13.8 Å².